The monoisotopic (exact) mass is 488 g/mol. The Morgan fingerprint density at radius 1 is 0.553 bits per heavy atom. The van der Waals surface area contributed by atoms with Gasteiger partial charge in [0.1, 0.15) is 18.0 Å². The fourth-order valence-corrected chi connectivity index (χ4v) is 6.15. The van der Waals surface area contributed by atoms with Gasteiger partial charge in [-0.05, 0) is 59.0 Å². The Labute approximate surface area is 215 Å². The third-order valence-corrected chi connectivity index (χ3v) is 7.79. The molecule has 0 aliphatic carbocycles. The Hall–Kier alpha value is -5.10. The van der Waals surface area contributed by atoms with Crippen molar-refractivity contribution in [3.05, 3.63) is 118 Å². The van der Waals surface area contributed by atoms with Crippen LogP contribution in [0.15, 0.2) is 107 Å². The highest BCUT2D eigenvalue weighted by atomic mass is 15.2. The van der Waals surface area contributed by atoms with Crippen molar-refractivity contribution in [2.75, 3.05) is 0 Å². The van der Waals surface area contributed by atoms with Crippen LogP contribution in [0.4, 0.5) is 0 Å². The summed E-state index contributed by atoms with van der Waals surface area (Å²) in [7, 11) is 0. The van der Waals surface area contributed by atoms with E-state index in [1.165, 1.54) is 0 Å². The number of hydrogen-bond donors (Lipinski definition) is 0. The second-order valence-corrected chi connectivity index (χ2v) is 9.89. The summed E-state index contributed by atoms with van der Waals surface area (Å²) in [4.78, 5) is 20.3. The predicted octanol–water partition coefficient (Wildman–Crippen LogP) is 3.92. The maximum atomic E-state index is 5.36. The summed E-state index contributed by atoms with van der Waals surface area (Å²) < 4.78 is 4.54. The van der Waals surface area contributed by atoms with Crippen molar-refractivity contribution in [2.24, 2.45) is 9.98 Å². The average molecular weight is 489 g/mol. The van der Waals surface area contributed by atoms with E-state index in [2.05, 4.69) is 94.1 Å². The normalized spacial score (nSPS) is 17.8. The SMILES string of the molecule is C1=c2ccccc2=NC1n1c2ccccc2c2nc3c(cc21)c1ncccc1n3C1C=c2ccccc2=N1. The van der Waals surface area contributed by atoms with Crippen LogP contribution in [0, 0.1) is 0 Å². The third kappa shape index (κ3) is 2.61. The summed E-state index contributed by atoms with van der Waals surface area (Å²) in [6.45, 7) is 0. The van der Waals surface area contributed by atoms with E-state index in [9.17, 15) is 0 Å². The molecule has 4 aromatic heterocycles. The Balaban J connectivity index is 1.40. The van der Waals surface area contributed by atoms with Crippen LogP contribution in [0.2, 0.25) is 0 Å². The van der Waals surface area contributed by atoms with E-state index in [-0.39, 0.29) is 12.3 Å². The summed E-state index contributed by atoms with van der Waals surface area (Å²) in [6, 6.07) is 31.4. The molecule has 2 atom stereocenters. The van der Waals surface area contributed by atoms with E-state index >= 15 is 0 Å². The molecule has 6 nitrogen and oxygen atoms in total. The standard InChI is InChI=1S/C32H20N6/c1-4-11-23-19(8-1)16-28(34-23)37-25-13-6-3-10-21(25)31-27(37)18-22-30-26(14-7-15-33-30)38(32(22)36-31)29-17-20-9-2-5-12-24(20)35-29/h1-18,28-29H. The maximum absolute atomic E-state index is 5.36. The van der Waals surface area contributed by atoms with Crippen LogP contribution in [0.5, 0.6) is 0 Å². The molecule has 0 amide bonds. The second-order valence-electron chi connectivity index (χ2n) is 9.89. The van der Waals surface area contributed by atoms with Gasteiger partial charge in [0, 0.05) is 17.0 Å². The van der Waals surface area contributed by atoms with Crippen LogP contribution in [-0.4, -0.2) is 19.1 Å². The molecule has 0 saturated carbocycles. The van der Waals surface area contributed by atoms with Crippen molar-refractivity contribution >= 4 is 56.2 Å². The molecule has 6 heteroatoms. The van der Waals surface area contributed by atoms with E-state index < -0.39 is 0 Å². The van der Waals surface area contributed by atoms with Gasteiger partial charge >= 0.3 is 0 Å². The number of benzene rings is 3. The van der Waals surface area contributed by atoms with Gasteiger partial charge in [0.25, 0.3) is 0 Å². The molecule has 0 fully saturated rings. The maximum Gasteiger partial charge on any atom is 0.147 e. The number of para-hydroxylation sites is 3. The molecule has 0 radical (unpaired) electrons. The summed E-state index contributed by atoms with van der Waals surface area (Å²) in [5.74, 6) is 0. The predicted molar refractivity (Wildman–Crippen MR) is 149 cm³/mol. The molecule has 38 heavy (non-hydrogen) atoms. The molecule has 3 aromatic carbocycles. The number of nitrogens with zero attached hydrogens (tertiary/aromatic N) is 6. The minimum atomic E-state index is -0.178. The quantitative estimate of drug-likeness (QED) is 0.370. The molecule has 0 spiro atoms. The van der Waals surface area contributed by atoms with Gasteiger partial charge in [0.15, 0.2) is 0 Å². The third-order valence-electron chi connectivity index (χ3n) is 7.79. The van der Waals surface area contributed by atoms with E-state index in [0.717, 1.165) is 65.2 Å². The molecule has 0 bridgehead atoms. The van der Waals surface area contributed by atoms with Crippen LogP contribution in [0.25, 0.3) is 56.2 Å². The summed E-state index contributed by atoms with van der Waals surface area (Å²) >= 11 is 0. The number of hydrogen-bond acceptors (Lipinski definition) is 4. The Kier molecular flexibility index (Phi) is 3.81. The van der Waals surface area contributed by atoms with Crippen molar-refractivity contribution in [2.45, 2.75) is 12.3 Å². The van der Waals surface area contributed by atoms with Gasteiger partial charge in [-0.2, -0.15) is 0 Å². The topological polar surface area (TPSA) is 60.4 Å². The lowest BCUT2D eigenvalue weighted by Gasteiger charge is -2.12. The molecule has 2 aliphatic heterocycles. The van der Waals surface area contributed by atoms with Gasteiger partial charge < -0.3 is 4.57 Å². The van der Waals surface area contributed by atoms with E-state index in [0.29, 0.717) is 0 Å². The molecule has 2 unspecified atom stereocenters. The Bertz CT molecular complexity index is 2140. The molecule has 9 rings (SSSR count). The molecular formula is C32H20N6. The average Bonchev–Trinajstić information content (AvgIpc) is 3.71. The largest absolute Gasteiger partial charge is 0.313 e. The summed E-state index contributed by atoms with van der Waals surface area (Å²) in [6.07, 6.45) is 5.98. The molecular weight excluding hydrogens is 468 g/mol. The molecule has 6 heterocycles. The molecule has 0 saturated heterocycles. The van der Waals surface area contributed by atoms with Gasteiger partial charge in [-0.3, -0.25) is 19.5 Å². The van der Waals surface area contributed by atoms with Gasteiger partial charge in [0.2, 0.25) is 0 Å². The first-order valence-corrected chi connectivity index (χ1v) is 12.8. The lowest BCUT2D eigenvalue weighted by atomic mass is 10.2. The Morgan fingerprint density at radius 3 is 1.97 bits per heavy atom. The number of pyridine rings is 2. The minimum Gasteiger partial charge on any atom is -0.313 e. The zero-order valence-corrected chi connectivity index (χ0v) is 20.2. The zero-order valence-electron chi connectivity index (χ0n) is 20.2. The minimum absolute atomic E-state index is 0.136. The number of aromatic nitrogens is 4. The smallest absolute Gasteiger partial charge is 0.147 e. The van der Waals surface area contributed by atoms with Crippen LogP contribution < -0.4 is 21.2 Å². The van der Waals surface area contributed by atoms with Crippen LogP contribution in [0.3, 0.4) is 0 Å². The lowest BCUT2D eigenvalue weighted by Crippen LogP contribution is -2.19. The van der Waals surface area contributed by atoms with Crippen molar-refractivity contribution < 1.29 is 0 Å². The lowest BCUT2D eigenvalue weighted by molar-refractivity contribution is 0.699. The summed E-state index contributed by atoms with van der Waals surface area (Å²) in [5.41, 5.74) is 5.99. The summed E-state index contributed by atoms with van der Waals surface area (Å²) in [5, 5.41) is 6.47. The first-order valence-electron chi connectivity index (χ1n) is 12.8. The number of fused-ring (bicyclic) bond motifs is 8. The second kappa shape index (κ2) is 7.23. The van der Waals surface area contributed by atoms with Crippen LogP contribution >= 0.6 is 0 Å². The zero-order chi connectivity index (χ0) is 24.8. The van der Waals surface area contributed by atoms with E-state index in [4.69, 9.17) is 20.0 Å². The van der Waals surface area contributed by atoms with Gasteiger partial charge in [-0.15, -0.1) is 0 Å². The van der Waals surface area contributed by atoms with E-state index in [1.54, 1.807) is 0 Å². The highest BCUT2D eigenvalue weighted by Crippen LogP contribution is 2.38. The van der Waals surface area contributed by atoms with Crippen LogP contribution in [0.1, 0.15) is 12.3 Å². The van der Waals surface area contributed by atoms with Gasteiger partial charge in [0.05, 0.1) is 38.3 Å². The fourth-order valence-electron chi connectivity index (χ4n) is 6.15. The van der Waals surface area contributed by atoms with Crippen molar-refractivity contribution in [1.29, 1.82) is 0 Å². The Morgan fingerprint density at radius 2 is 1.21 bits per heavy atom. The molecule has 0 N–H and O–H groups in total. The molecule has 178 valence electrons. The fraction of sp³-hybridized carbons (Fsp3) is 0.0625. The van der Waals surface area contributed by atoms with Gasteiger partial charge in [-0.25, -0.2) is 4.98 Å². The first kappa shape index (κ1) is 20.0. The number of rotatable bonds is 2. The van der Waals surface area contributed by atoms with Crippen LogP contribution in [-0.2, 0) is 0 Å². The van der Waals surface area contributed by atoms with Crippen molar-refractivity contribution in [3.8, 4) is 0 Å². The highest BCUT2D eigenvalue weighted by Gasteiger charge is 2.24. The molecule has 7 aromatic rings. The first-order chi connectivity index (χ1) is 18.8. The van der Waals surface area contributed by atoms with Crippen molar-refractivity contribution in [1.82, 2.24) is 19.1 Å². The highest BCUT2D eigenvalue weighted by molar-refractivity contribution is 6.13. The van der Waals surface area contributed by atoms with Crippen molar-refractivity contribution in [3.63, 3.8) is 0 Å². The van der Waals surface area contributed by atoms with Gasteiger partial charge in [-0.1, -0.05) is 54.6 Å². The van der Waals surface area contributed by atoms with E-state index in [1.807, 2.05) is 24.4 Å². The molecule has 2 aliphatic rings.